The summed E-state index contributed by atoms with van der Waals surface area (Å²) >= 11 is 0. The maximum Gasteiger partial charge on any atom is 0.269 e. The van der Waals surface area contributed by atoms with Gasteiger partial charge in [0.15, 0.2) is 5.70 Å². The lowest BCUT2D eigenvalue weighted by atomic mass is 9.57. The molecule has 5 nitrogen and oxygen atoms in total. The summed E-state index contributed by atoms with van der Waals surface area (Å²) < 4.78 is 1.95. The minimum absolute atomic E-state index is 0.153. The summed E-state index contributed by atoms with van der Waals surface area (Å²) in [6.45, 7) is 2.22. The molecule has 0 spiro atoms. The zero-order valence-electron chi connectivity index (χ0n) is 13.1. The van der Waals surface area contributed by atoms with E-state index >= 15 is 0 Å². The first kappa shape index (κ1) is 14.5. The van der Waals surface area contributed by atoms with Crippen LogP contribution in [0.4, 0.5) is 5.69 Å². The van der Waals surface area contributed by atoms with Gasteiger partial charge in [0.05, 0.1) is 24.4 Å². The zero-order chi connectivity index (χ0) is 15.9. The molecule has 0 saturated heterocycles. The largest absolute Gasteiger partial charge is 0.269 e. The third kappa shape index (κ3) is 2.24. The molecule has 1 heterocycles. The van der Waals surface area contributed by atoms with Crippen LogP contribution in [0.3, 0.4) is 0 Å². The van der Waals surface area contributed by atoms with Gasteiger partial charge in [0, 0.05) is 12.1 Å². The molecule has 22 heavy (non-hydrogen) atoms. The number of nitrogens with zero attached hydrogens (tertiary/aromatic N) is 3. The van der Waals surface area contributed by atoms with Crippen molar-refractivity contribution in [2.75, 3.05) is 14.1 Å². The molecule has 0 atom stereocenters. The molecule has 2 aliphatic rings. The highest BCUT2D eigenvalue weighted by atomic mass is 16.6. The first-order valence-corrected chi connectivity index (χ1v) is 7.44. The number of nitro groups is 1. The lowest BCUT2D eigenvalue weighted by Gasteiger charge is -2.47. The standard InChI is InChI=1S/C17H20N3O2/c1-13-10-17(11-13,16-7-8-18(2)12-19(16)3)14-5-4-6-15(9-14)20(21)22/h4-6,8-9,12-13H,10-11H2,1-3H3/q+1. The fraction of sp³-hybridized carbons (Fsp3) is 0.412. The van der Waals surface area contributed by atoms with Crippen LogP contribution in [-0.4, -0.2) is 34.8 Å². The Kier molecular flexibility index (Phi) is 3.38. The van der Waals surface area contributed by atoms with Crippen LogP contribution in [0.15, 0.2) is 41.9 Å². The van der Waals surface area contributed by atoms with E-state index in [1.165, 1.54) is 0 Å². The molecular weight excluding hydrogens is 278 g/mol. The molecule has 5 heteroatoms. The Labute approximate surface area is 130 Å². The fourth-order valence-corrected chi connectivity index (χ4v) is 3.72. The summed E-state index contributed by atoms with van der Waals surface area (Å²) in [4.78, 5) is 12.8. The van der Waals surface area contributed by atoms with Crippen molar-refractivity contribution in [2.24, 2.45) is 5.92 Å². The minimum atomic E-state index is -0.325. The second kappa shape index (κ2) is 5.11. The Bertz CT molecular complexity index is 723. The van der Waals surface area contributed by atoms with Crippen molar-refractivity contribution < 1.29 is 9.50 Å². The third-order valence-electron chi connectivity index (χ3n) is 4.57. The molecule has 1 fully saturated rings. The summed E-state index contributed by atoms with van der Waals surface area (Å²) in [6.07, 6.45) is 5.91. The van der Waals surface area contributed by atoms with Gasteiger partial charge in [-0.1, -0.05) is 19.1 Å². The van der Waals surface area contributed by atoms with Crippen molar-refractivity contribution in [3.63, 3.8) is 0 Å². The monoisotopic (exact) mass is 298 g/mol. The molecule has 1 aliphatic carbocycles. The molecule has 1 aromatic carbocycles. The molecule has 114 valence electrons. The molecule has 1 saturated carbocycles. The van der Waals surface area contributed by atoms with Gasteiger partial charge in [0.25, 0.3) is 5.69 Å². The second-order valence-corrected chi connectivity index (χ2v) is 6.42. The van der Waals surface area contributed by atoms with E-state index in [4.69, 9.17) is 0 Å². The van der Waals surface area contributed by atoms with Crippen LogP contribution < -0.4 is 0 Å². The van der Waals surface area contributed by atoms with Gasteiger partial charge in [-0.2, -0.15) is 0 Å². The average Bonchev–Trinajstić information content (AvgIpc) is 2.44. The molecule has 3 rings (SSSR count). The zero-order valence-corrected chi connectivity index (χ0v) is 13.1. The summed E-state index contributed by atoms with van der Waals surface area (Å²) in [5, 5.41) is 11.1. The van der Waals surface area contributed by atoms with Crippen molar-refractivity contribution in [1.29, 1.82) is 0 Å². The fourth-order valence-electron chi connectivity index (χ4n) is 3.72. The highest BCUT2D eigenvalue weighted by Gasteiger charge is 2.51. The van der Waals surface area contributed by atoms with Crippen molar-refractivity contribution in [2.45, 2.75) is 25.2 Å². The molecule has 1 aliphatic heterocycles. The number of rotatable bonds is 3. The highest BCUT2D eigenvalue weighted by molar-refractivity contribution is 5.57. The Balaban J connectivity index is 2.09. The average molecular weight is 298 g/mol. The van der Waals surface area contributed by atoms with E-state index < -0.39 is 0 Å². The summed E-state index contributed by atoms with van der Waals surface area (Å²) in [6, 6.07) is 7.04. The quantitative estimate of drug-likeness (QED) is 0.373. The van der Waals surface area contributed by atoms with Crippen molar-refractivity contribution in [3.8, 4) is 0 Å². The Hall–Kier alpha value is -2.39. The van der Waals surface area contributed by atoms with E-state index in [2.05, 4.69) is 17.6 Å². The first-order chi connectivity index (χ1) is 10.4. The summed E-state index contributed by atoms with van der Waals surface area (Å²) in [5.74, 6) is 0.613. The molecule has 0 unspecified atom stereocenters. The highest BCUT2D eigenvalue weighted by Crippen LogP contribution is 2.53. The maximum absolute atomic E-state index is 11.1. The lowest BCUT2D eigenvalue weighted by Crippen LogP contribution is -2.47. The van der Waals surface area contributed by atoms with Crippen LogP contribution in [0.5, 0.6) is 0 Å². The van der Waals surface area contributed by atoms with Crippen molar-refractivity contribution in [1.82, 2.24) is 4.90 Å². The molecule has 0 bridgehead atoms. The van der Waals surface area contributed by atoms with Crippen LogP contribution >= 0.6 is 0 Å². The molecule has 0 N–H and O–H groups in total. The minimum Gasteiger partial charge on any atom is -0.258 e. The van der Waals surface area contributed by atoms with Crippen LogP contribution in [0.2, 0.25) is 0 Å². The summed E-state index contributed by atoms with van der Waals surface area (Å²) in [5.41, 5.74) is 5.45. The van der Waals surface area contributed by atoms with Gasteiger partial charge in [0.2, 0.25) is 6.34 Å². The third-order valence-corrected chi connectivity index (χ3v) is 4.57. The number of benzene rings is 1. The Morgan fingerprint density at radius 2 is 2.18 bits per heavy atom. The molecule has 0 aromatic heterocycles. The normalized spacial score (nSPS) is 27.0. The number of nitro benzene ring substituents is 1. The smallest absolute Gasteiger partial charge is 0.258 e. The number of allylic oxidation sites excluding steroid dienone is 1. The molecule has 0 radical (unpaired) electrons. The molecule has 0 amide bonds. The van der Waals surface area contributed by atoms with Gasteiger partial charge >= 0.3 is 0 Å². The molecular formula is C17H20N3O2+. The Morgan fingerprint density at radius 3 is 2.77 bits per heavy atom. The van der Waals surface area contributed by atoms with Gasteiger partial charge in [-0.25, -0.2) is 9.48 Å². The van der Waals surface area contributed by atoms with Crippen molar-refractivity contribution >= 4 is 12.0 Å². The van der Waals surface area contributed by atoms with E-state index in [-0.39, 0.29) is 16.0 Å². The number of hydrogen-bond acceptors (Lipinski definition) is 3. The molecule has 1 aromatic rings. The second-order valence-electron chi connectivity index (χ2n) is 6.42. The van der Waals surface area contributed by atoms with Crippen LogP contribution in [0.25, 0.3) is 0 Å². The number of likely N-dealkylation sites (N-methyl/N-ethyl adjacent to an activating group) is 1. The predicted octanol–water partition coefficient (Wildman–Crippen LogP) is 2.88. The Morgan fingerprint density at radius 1 is 1.45 bits per heavy atom. The van der Waals surface area contributed by atoms with E-state index in [0.29, 0.717) is 5.92 Å². The maximum atomic E-state index is 11.1. The summed E-state index contributed by atoms with van der Waals surface area (Å²) in [7, 11) is 3.97. The van der Waals surface area contributed by atoms with Crippen LogP contribution in [0.1, 0.15) is 25.3 Å². The van der Waals surface area contributed by atoms with Gasteiger partial charge in [0.1, 0.15) is 6.20 Å². The van der Waals surface area contributed by atoms with Gasteiger partial charge in [-0.15, -0.1) is 0 Å². The van der Waals surface area contributed by atoms with Crippen molar-refractivity contribution in [3.05, 3.63) is 57.6 Å². The SMILES string of the molecule is CC1CC(C2=C=C[N+](C)=CN2C)(c2cccc([N+](=O)[O-])c2)C1. The van der Waals surface area contributed by atoms with Crippen LogP contribution in [0, 0.1) is 16.0 Å². The van der Waals surface area contributed by atoms with E-state index in [9.17, 15) is 10.1 Å². The number of non-ortho nitro benzene ring substituents is 1. The lowest BCUT2D eigenvalue weighted by molar-refractivity contribution is -0.423. The van der Waals surface area contributed by atoms with E-state index in [1.807, 2.05) is 37.3 Å². The predicted molar refractivity (Wildman–Crippen MR) is 84.8 cm³/mol. The van der Waals surface area contributed by atoms with Gasteiger partial charge < -0.3 is 0 Å². The van der Waals surface area contributed by atoms with Gasteiger partial charge in [-0.3, -0.25) is 10.1 Å². The first-order valence-electron chi connectivity index (χ1n) is 7.44. The van der Waals surface area contributed by atoms with Crippen LogP contribution in [-0.2, 0) is 5.41 Å². The van der Waals surface area contributed by atoms with E-state index in [1.54, 1.807) is 18.2 Å². The topological polar surface area (TPSA) is 49.4 Å². The van der Waals surface area contributed by atoms with E-state index in [0.717, 1.165) is 24.1 Å². The number of hydrogen-bond donors (Lipinski definition) is 0. The van der Waals surface area contributed by atoms with Gasteiger partial charge in [-0.05, 0) is 30.1 Å².